The number of alkyl halides is 3. The van der Waals surface area contributed by atoms with Gasteiger partial charge in [-0.25, -0.2) is 9.37 Å². The van der Waals surface area contributed by atoms with E-state index in [-0.39, 0.29) is 28.5 Å². The zero-order valence-electron chi connectivity index (χ0n) is 14.3. The number of nitrogens with one attached hydrogen (secondary N) is 1. The van der Waals surface area contributed by atoms with Crippen LogP contribution in [0.2, 0.25) is 0 Å². The summed E-state index contributed by atoms with van der Waals surface area (Å²) in [4.78, 5) is 16.1. The molecule has 0 saturated heterocycles. The summed E-state index contributed by atoms with van der Waals surface area (Å²) in [5.41, 5.74) is 5.90. The first-order valence-corrected chi connectivity index (χ1v) is 7.75. The van der Waals surface area contributed by atoms with Gasteiger partial charge in [0.25, 0.3) is 5.91 Å². The van der Waals surface area contributed by atoms with Gasteiger partial charge in [-0.05, 0) is 36.4 Å². The Morgan fingerprint density at radius 2 is 1.93 bits per heavy atom. The summed E-state index contributed by atoms with van der Waals surface area (Å²) in [6, 6.07) is 6.71. The molecule has 3 aromatic rings. The molecule has 0 aliphatic rings. The number of aromatic nitrogens is 3. The van der Waals surface area contributed by atoms with Gasteiger partial charge in [0.05, 0.1) is 0 Å². The van der Waals surface area contributed by atoms with E-state index in [0.29, 0.717) is 0 Å². The Hall–Kier alpha value is -3.63. The number of benzene rings is 1. The van der Waals surface area contributed by atoms with E-state index in [9.17, 15) is 22.4 Å². The number of hydrogen-bond donors (Lipinski definition) is 2. The van der Waals surface area contributed by atoms with Crippen molar-refractivity contribution in [3.8, 4) is 16.9 Å². The molecule has 1 aromatic carbocycles. The lowest BCUT2D eigenvalue weighted by Gasteiger charge is -2.12. The molecule has 0 spiro atoms. The quantitative estimate of drug-likeness (QED) is 0.661. The third-order valence-electron chi connectivity index (χ3n) is 3.68. The first-order chi connectivity index (χ1) is 13.1. The number of amides is 1. The maximum atomic E-state index is 14.1. The van der Waals surface area contributed by atoms with Crippen molar-refractivity contribution in [2.75, 3.05) is 11.1 Å². The summed E-state index contributed by atoms with van der Waals surface area (Å²) in [7, 11) is 1.58. The fourth-order valence-electron chi connectivity index (χ4n) is 2.46. The second-order valence-electron chi connectivity index (χ2n) is 5.61. The number of nitrogen functional groups attached to an aromatic ring is 1. The van der Waals surface area contributed by atoms with Gasteiger partial charge in [0.2, 0.25) is 0 Å². The van der Waals surface area contributed by atoms with Gasteiger partial charge in [-0.2, -0.15) is 5.10 Å². The van der Waals surface area contributed by atoms with Gasteiger partial charge in [0, 0.05) is 24.4 Å². The monoisotopic (exact) mass is 395 g/mol. The van der Waals surface area contributed by atoms with Crippen LogP contribution in [0.3, 0.4) is 0 Å². The van der Waals surface area contributed by atoms with Crippen LogP contribution < -0.4 is 15.8 Å². The Morgan fingerprint density at radius 1 is 1.18 bits per heavy atom. The summed E-state index contributed by atoms with van der Waals surface area (Å²) in [6.45, 7) is 0. The molecule has 7 nitrogen and oxygen atoms in total. The molecule has 0 bridgehead atoms. The van der Waals surface area contributed by atoms with Gasteiger partial charge < -0.3 is 15.8 Å². The minimum Gasteiger partial charge on any atom is -0.406 e. The summed E-state index contributed by atoms with van der Waals surface area (Å²) in [6.07, 6.45) is -3.47. The Kier molecular flexibility index (Phi) is 4.91. The van der Waals surface area contributed by atoms with Gasteiger partial charge in [-0.15, -0.1) is 13.2 Å². The number of rotatable bonds is 4. The highest BCUT2D eigenvalue weighted by Crippen LogP contribution is 2.33. The van der Waals surface area contributed by atoms with Crippen LogP contribution in [0.5, 0.6) is 5.75 Å². The number of aryl methyl sites for hydroxylation is 1. The number of hydrogen-bond acceptors (Lipinski definition) is 5. The average Bonchev–Trinajstić information content (AvgIpc) is 3.02. The maximum absolute atomic E-state index is 14.1. The van der Waals surface area contributed by atoms with Crippen molar-refractivity contribution >= 4 is 17.5 Å². The van der Waals surface area contributed by atoms with E-state index in [1.165, 1.54) is 29.1 Å². The second-order valence-corrected chi connectivity index (χ2v) is 5.61. The molecular weight excluding hydrogens is 382 g/mol. The zero-order valence-corrected chi connectivity index (χ0v) is 14.3. The van der Waals surface area contributed by atoms with Crippen molar-refractivity contribution in [3.63, 3.8) is 0 Å². The number of ether oxygens (including phenoxy) is 1. The maximum Gasteiger partial charge on any atom is 0.573 e. The van der Waals surface area contributed by atoms with Crippen LogP contribution in [0.15, 0.2) is 42.6 Å². The highest BCUT2D eigenvalue weighted by Gasteiger charge is 2.31. The molecule has 0 radical (unpaired) electrons. The lowest BCUT2D eigenvalue weighted by atomic mass is 10.1. The molecule has 0 unspecified atom stereocenters. The van der Waals surface area contributed by atoms with Crippen LogP contribution >= 0.6 is 0 Å². The number of nitrogens with zero attached hydrogens (tertiary/aromatic N) is 3. The van der Waals surface area contributed by atoms with Gasteiger partial charge in [-0.1, -0.05) is 0 Å². The number of nitrogens with two attached hydrogens (primary N) is 1. The summed E-state index contributed by atoms with van der Waals surface area (Å²) < 4.78 is 56.4. The highest BCUT2D eigenvalue weighted by molar-refractivity contribution is 6.02. The Labute approximate surface area is 155 Å². The molecule has 0 saturated carbocycles. The molecule has 0 atom stereocenters. The highest BCUT2D eigenvalue weighted by atomic mass is 19.4. The summed E-state index contributed by atoms with van der Waals surface area (Å²) in [5.74, 6) is -2.01. The first kappa shape index (κ1) is 19.1. The van der Waals surface area contributed by atoms with Gasteiger partial charge in [0.15, 0.2) is 0 Å². The standard InChI is InChI=1S/C17H13F4N5O2/c1-26-13(6-7-23-26)16(27)25-14-5-3-10(15(22)24-14)11-8-9(2-4-12(11)18)28-17(19,20)21/h2-8H,1H3,(H3,22,24,25,27). The van der Waals surface area contributed by atoms with Crippen LogP contribution in [0.1, 0.15) is 10.5 Å². The summed E-state index contributed by atoms with van der Waals surface area (Å²) >= 11 is 0. The average molecular weight is 395 g/mol. The first-order valence-electron chi connectivity index (χ1n) is 7.75. The van der Waals surface area contributed by atoms with E-state index in [4.69, 9.17) is 5.73 Å². The molecule has 28 heavy (non-hydrogen) atoms. The molecule has 1 amide bonds. The van der Waals surface area contributed by atoms with E-state index in [2.05, 4.69) is 20.1 Å². The molecule has 0 aliphatic carbocycles. The van der Waals surface area contributed by atoms with Crippen LogP contribution in [0, 0.1) is 5.82 Å². The number of halogens is 4. The Balaban J connectivity index is 1.87. The number of anilines is 2. The Morgan fingerprint density at radius 3 is 2.54 bits per heavy atom. The SMILES string of the molecule is Cn1nccc1C(=O)Nc1ccc(-c2cc(OC(F)(F)F)ccc2F)c(N)n1. The predicted molar refractivity (Wildman–Crippen MR) is 91.9 cm³/mol. The number of carbonyl (C=O) groups excluding carboxylic acids is 1. The molecular formula is C17H13F4N5O2. The molecule has 2 aromatic heterocycles. The van der Waals surface area contributed by atoms with Crippen LogP contribution in [0.4, 0.5) is 29.2 Å². The lowest BCUT2D eigenvalue weighted by molar-refractivity contribution is -0.274. The lowest BCUT2D eigenvalue weighted by Crippen LogP contribution is -2.17. The van der Waals surface area contributed by atoms with E-state index in [0.717, 1.165) is 18.2 Å². The predicted octanol–water partition coefficient (Wildman–Crippen LogP) is 3.35. The minimum absolute atomic E-state index is 0.0451. The fourth-order valence-corrected chi connectivity index (χ4v) is 2.46. The van der Waals surface area contributed by atoms with Crippen molar-refractivity contribution in [1.29, 1.82) is 0 Å². The van der Waals surface area contributed by atoms with E-state index in [1.54, 1.807) is 7.05 Å². The van der Waals surface area contributed by atoms with Crippen LogP contribution in [-0.2, 0) is 7.05 Å². The number of pyridine rings is 1. The fraction of sp³-hybridized carbons (Fsp3) is 0.118. The van der Waals surface area contributed by atoms with E-state index < -0.39 is 23.8 Å². The van der Waals surface area contributed by atoms with Crippen molar-refractivity contribution < 1.29 is 27.1 Å². The molecule has 2 heterocycles. The molecule has 3 N–H and O–H groups in total. The smallest absolute Gasteiger partial charge is 0.406 e. The molecule has 3 rings (SSSR count). The summed E-state index contributed by atoms with van der Waals surface area (Å²) in [5, 5.41) is 6.37. The Bertz CT molecular complexity index is 1030. The number of carbonyl (C=O) groups is 1. The van der Waals surface area contributed by atoms with Crippen LogP contribution in [-0.4, -0.2) is 27.0 Å². The van der Waals surface area contributed by atoms with Crippen LogP contribution in [0.25, 0.3) is 11.1 Å². The van der Waals surface area contributed by atoms with Crippen molar-refractivity contribution in [3.05, 3.63) is 54.1 Å². The van der Waals surface area contributed by atoms with Crippen molar-refractivity contribution in [1.82, 2.24) is 14.8 Å². The second kappa shape index (κ2) is 7.18. The topological polar surface area (TPSA) is 95.1 Å². The van der Waals surface area contributed by atoms with E-state index >= 15 is 0 Å². The third kappa shape index (κ3) is 4.19. The molecule has 0 fully saturated rings. The van der Waals surface area contributed by atoms with E-state index in [1.807, 2.05) is 0 Å². The molecule has 146 valence electrons. The zero-order chi connectivity index (χ0) is 20.5. The molecule has 11 heteroatoms. The van der Waals surface area contributed by atoms with Gasteiger partial charge in [-0.3, -0.25) is 9.48 Å². The van der Waals surface area contributed by atoms with Gasteiger partial charge in [0.1, 0.15) is 28.9 Å². The van der Waals surface area contributed by atoms with Crippen molar-refractivity contribution in [2.24, 2.45) is 7.05 Å². The van der Waals surface area contributed by atoms with Gasteiger partial charge >= 0.3 is 6.36 Å². The third-order valence-corrected chi connectivity index (χ3v) is 3.68. The normalized spacial score (nSPS) is 11.3. The molecule has 0 aliphatic heterocycles. The van der Waals surface area contributed by atoms with Crippen molar-refractivity contribution in [2.45, 2.75) is 6.36 Å². The largest absolute Gasteiger partial charge is 0.573 e. The minimum atomic E-state index is -4.92.